The summed E-state index contributed by atoms with van der Waals surface area (Å²) in [6.45, 7) is 2.02. The maximum Gasteiger partial charge on any atom is 0.251 e. The highest BCUT2D eigenvalue weighted by Crippen LogP contribution is 2.27. The Balaban J connectivity index is 2.05. The van der Waals surface area contributed by atoms with Gasteiger partial charge in [-0.05, 0) is 37.0 Å². The van der Waals surface area contributed by atoms with Crippen molar-refractivity contribution in [3.05, 3.63) is 35.4 Å². The fraction of sp³-hybridized carbons (Fsp3) is 0.500. The van der Waals surface area contributed by atoms with Gasteiger partial charge in [-0.1, -0.05) is 44.1 Å². The Morgan fingerprint density at radius 2 is 2.19 bits per heavy atom. The number of hydrogen-bond acceptors (Lipinski definition) is 2. The maximum absolute atomic E-state index is 12.4. The van der Waals surface area contributed by atoms with Crippen LogP contribution in [0.15, 0.2) is 24.3 Å². The molecule has 1 saturated carbocycles. The van der Waals surface area contributed by atoms with E-state index in [4.69, 9.17) is 5.11 Å². The number of carbonyl (C=O) groups is 1. The van der Waals surface area contributed by atoms with Gasteiger partial charge in [-0.2, -0.15) is 0 Å². The van der Waals surface area contributed by atoms with Crippen LogP contribution in [0.5, 0.6) is 0 Å². The number of amides is 1. The fourth-order valence-corrected chi connectivity index (χ4v) is 3.02. The molecule has 0 heterocycles. The minimum Gasteiger partial charge on any atom is -0.384 e. The minimum atomic E-state index is -0.170. The summed E-state index contributed by atoms with van der Waals surface area (Å²) in [4.78, 5) is 12.4. The second-order valence-electron chi connectivity index (χ2n) is 5.57. The van der Waals surface area contributed by atoms with Crippen LogP contribution in [0.2, 0.25) is 0 Å². The van der Waals surface area contributed by atoms with Crippen molar-refractivity contribution in [2.24, 2.45) is 5.92 Å². The van der Waals surface area contributed by atoms with Gasteiger partial charge in [0, 0.05) is 17.2 Å². The van der Waals surface area contributed by atoms with Gasteiger partial charge in [0.1, 0.15) is 6.61 Å². The summed E-state index contributed by atoms with van der Waals surface area (Å²) in [5.74, 6) is 6.01. The van der Waals surface area contributed by atoms with Crippen molar-refractivity contribution >= 4 is 5.91 Å². The molecule has 3 nitrogen and oxygen atoms in total. The summed E-state index contributed by atoms with van der Waals surface area (Å²) < 4.78 is 0. The van der Waals surface area contributed by atoms with Crippen molar-refractivity contribution in [2.45, 2.75) is 45.1 Å². The van der Waals surface area contributed by atoms with E-state index >= 15 is 0 Å². The van der Waals surface area contributed by atoms with Crippen molar-refractivity contribution in [3.63, 3.8) is 0 Å². The smallest absolute Gasteiger partial charge is 0.251 e. The number of benzene rings is 1. The monoisotopic (exact) mass is 285 g/mol. The molecule has 0 aliphatic heterocycles. The molecular formula is C18H23NO2. The first-order valence-corrected chi connectivity index (χ1v) is 7.75. The molecule has 1 aliphatic rings. The van der Waals surface area contributed by atoms with Crippen molar-refractivity contribution < 1.29 is 9.90 Å². The number of aliphatic hydroxyl groups is 1. The predicted molar refractivity (Wildman–Crippen MR) is 83.9 cm³/mol. The van der Waals surface area contributed by atoms with Gasteiger partial charge in [0.25, 0.3) is 5.91 Å². The number of hydrogen-bond donors (Lipinski definition) is 2. The third-order valence-corrected chi connectivity index (χ3v) is 4.19. The molecule has 3 heteroatoms. The third-order valence-electron chi connectivity index (χ3n) is 4.19. The van der Waals surface area contributed by atoms with Crippen LogP contribution in [-0.2, 0) is 0 Å². The van der Waals surface area contributed by atoms with Gasteiger partial charge in [-0.3, -0.25) is 4.79 Å². The highest BCUT2D eigenvalue weighted by atomic mass is 16.2. The Hall–Kier alpha value is -1.79. The Morgan fingerprint density at radius 1 is 1.38 bits per heavy atom. The molecule has 0 aromatic heterocycles. The number of carbonyl (C=O) groups excluding carboxylic acids is 1. The molecule has 2 atom stereocenters. The van der Waals surface area contributed by atoms with E-state index in [1.807, 2.05) is 18.2 Å². The summed E-state index contributed by atoms with van der Waals surface area (Å²) in [6, 6.07) is 7.55. The highest BCUT2D eigenvalue weighted by Gasteiger charge is 2.25. The van der Waals surface area contributed by atoms with E-state index in [1.54, 1.807) is 6.07 Å². The van der Waals surface area contributed by atoms with E-state index < -0.39 is 0 Å². The van der Waals surface area contributed by atoms with Gasteiger partial charge in [-0.25, -0.2) is 0 Å². The van der Waals surface area contributed by atoms with Gasteiger partial charge >= 0.3 is 0 Å². The number of nitrogens with one attached hydrogen (secondary N) is 1. The molecule has 1 amide bonds. The highest BCUT2D eigenvalue weighted by molar-refractivity contribution is 5.94. The standard InChI is InChI=1S/C18H23NO2/c1-2-15-9-3-4-11-17(15)19-18(21)16-10-5-7-14(13-16)8-6-12-20/h5,7,10,13,15,17,20H,2-4,9,11-12H2,1H3,(H,19,21). The first kappa shape index (κ1) is 15.6. The minimum absolute atomic E-state index is 0.0204. The molecule has 0 saturated heterocycles. The summed E-state index contributed by atoms with van der Waals surface area (Å²) in [7, 11) is 0. The zero-order chi connectivity index (χ0) is 15.1. The first-order chi connectivity index (χ1) is 10.2. The Bertz CT molecular complexity index is 542. The summed E-state index contributed by atoms with van der Waals surface area (Å²) in [5, 5.41) is 11.9. The van der Waals surface area contributed by atoms with Crippen LogP contribution in [0.3, 0.4) is 0 Å². The average Bonchev–Trinajstić information content (AvgIpc) is 2.53. The van der Waals surface area contributed by atoms with Gasteiger partial charge in [0.15, 0.2) is 0 Å². The second kappa shape index (κ2) is 7.85. The SMILES string of the molecule is CCC1CCCCC1NC(=O)c1cccc(C#CCO)c1. The van der Waals surface area contributed by atoms with Crippen LogP contribution < -0.4 is 5.32 Å². The molecule has 0 bridgehead atoms. The molecule has 1 aromatic carbocycles. The molecule has 2 unspecified atom stereocenters. The van der Waals surface area contributed by atoms with E-state index in [1.165, 1.54) is 19.3 Å². The van der Waals surface area contributed by atoms with Crippen LogP contribution in [0.4, 0.5) is 0 Å². The van der Waals surface area contributed by atoms with Crippen LogP contribution in [0.25, 0.3) is 0 Å². The molecule has 2 rings (SSSR count). The third kappa shape index (κ3) is 4.34. The van der Waals surface area contributed by atoms with E-state index in [0.717, 1.165) is 18.4 Å². The summed E-state index contributed by atoms with van der Waals surface area (Å²) in [6.07, 6.45) is 5.88. The fourth-order valence-electron chi connectivity index (χ4n) is 3.02. The Morgan fingerprint density at radius 3 is 2.95 bits per heavy atom. The molecule has 1 aromatic rings. The Kier molecular flexibility index (Phi) is 5.83. The van der Waals surface area contributed by atoms with E-state index in [-0.39, 0.29) is 12.5 Å². The molecule has 0 spiro atoms. The lowest BCUT2D eigenvalue weighted by Crippen LogP contribution is -2.41. The van der Waals surface area contributed by atoms with Crippen LogP contribution in [-0.4, -0.2) is 23.7 Å². The quantitative estimate of drug-likeness (QED) is 0.839. The lowest BCUT2D eigenvalue weighted by atomic mass is 9.83. The van der Waals surface area contributed by atoms with E-state index in [0.29, 0.717) is 17.5 Å². The maximum atomic E-state index is 12.4. The zero-order valence-corrected chi connectivity index (χ0v) is 12.6. The summed E-state index contributed by atoms with van der Waals surface area (Å²) >= 11 is 0. The molecule has 2 N–H and O–H groups in total. The lowest BCUT2D eigenvalue weighted by molar-refractivity contribution is 0.0904. The van der Waals surface area contributed by atoms with Gasteiger partial charge in [0.05, 0.1) is 0 Å². The molecule has 21 heavy (non-hydrogen) atoms. The van der Waals surface area contributed by atoms with Gasteiger partial charge in [-0.15, -0.1) is 0 Å². The first-order valence-electron chi connectivity index (χ1n) is 7.75. The summed E-state index contributed by atoms with van der Waals surface area (Å²) in [5.41, 5.74) is 1.40. The largest absolute Gasteiger partial charge is 0.384 e. The zero-order valence-electron chi connectivity index (χ0n) is 12.6. The van der Waals surface area contributed by atoms with E-state index in [2.05, 4.69) is 24.1 Å². The molecule has 1 fully saturated rings. The number of aliphatic hydroxyl groups excluding tert-OH is 1. The van der Waals surface area contributed by atoms with E-state index in [9.17, 15) is 4.79 Å². The Labute approximate surface area is 126 Å². The molecule has 0 radical (unpaired) electrons. The molecule has 112 valence electrons. The van der Waals surface area contributed by atoms with Crippen LogP contribution >= 0.6 is 0 Å². The topological polar surface area (TPSA) is 49.3 Å². The normalized spacial score (nSPS) is 21.2. The van der Waals surface area contributed by atoms with Crippen molar-refractivity contribution in [3.8, 4) is 11.8 Å². The predicted octanol–water partition coefficient (Wildman–Crippen LogP) is 2.73. The lowest BCUT2D eigenvalue weighted by Gasteiger charge is -2.31. The van der Waals surface area contributed by atoms with Gasteiger partial charge < -0.3 is 10.4 Å². The average molecular weight is 285 g/mol. The van der Waals surface area contributed by atoms with Crippen molar-refractivity contribution in [1.82, 2.24) is 5.32 Å². The molecular weight excluding hydrogens is 262 g/mol. The van der Waals surface area contributed by atoms with Crippen LogP contribution in [0.1, 0.15) is 54.9 Å². The van der Waals surface area contributed by atoms with Gasteiger partial charge in [0.2, 0.25) is 0 Å². The van der Waals surface area contributed by atoms with Crippen molar-refractivity contribution in [1.29, 1.82) is 0 Å². The second-order valence-corrected chi connectivity index (χ2v) is 5.57. The van der Waals surface area contributed by atoms with Crippen molar-refractivity contribution in [2.75, 3.05) is 6.61 Å². The number of rotatable bonds is 3. The molecule has 1 aliphatic carbocycles. The van der Waals surface area contributed by atoms with Crippen LogP contribution in [0, 0.1) is 17.8 Å².